The molecule has 6 nitrogen and oxygen atoms in total. The third-order valence-corrected chi connectivity index (χ3v) is 7.05. The predicted octanol–water partition coefficient (Wildman–Crippen LogP) is 2.32. The Balaban J connectivity index is 1.50. The Morgan fingerprint density at radius 3 is 2.41 bits per heavy atom. The van der Waals surface area contributed by atoms with Crippen LogP contribution in [0, 0.1) is 11.7 Å². The first-order valence-electron chi connectivity index (χ1n) is 9.14. The van der Waals surface area contributed by atoms with Crippen LogP contribution >= 0.6 is 0 Å². The second-order valence-electron chi connectivity index (χ2n) is 6.91. The van der Waals surface area contributed by atoms with Gasteiger partial charge in [-0.15, -0.1) is 0 Å². The van der Waals surface area contributed by atoms with Crippen molar-refractivity contribution in [2.24, 2.45) is 5.92 Å². The fourth-order valence-corrected chi connectivity index (χ4v) is 4.96. The summed E-state index contributed by atoms with van der Waals surface area (Å²) in [5, 5.41) is 0. The highest BCUT2D eigenvalue weighted by Gasteiger charge is 2.30. The van der Waals surface area contributed by atoms with E-state index < -0.39 is 15.8 Å². The lowest BCUT2D eigenvalue weighted by molar-refractivity contribution is -0.142. The highest BCUT2D eigenvalue weighted by atomic mass is 32.2. The molecule has 8 heteroatoms. The molecule has 2 amide bonds. The van der Waals surface area contributed by atoms with Gasteiger partial charge in [-0.1, -0.05) is 6.08 Å². The molecule has 1 saturated heterocycles. The highest BCUT2D eigenvalue weighted by molar-refractivity contribution is 7.89. The number of benzene rings is 1. The number of hydrogen-bond acceptors (Lipinski definition) is 4. The summed E-state index contributed by atoms with van der Waals surface area (Å²) in [7, 11) is -3.62. The number of sulfonamides is 1. The van der Waals surface area contributed by atoms with Crippen molar-refractivity contribution in [1.29, 1.82) is 0 Å². The lowest BCUT2D eigenvalue weighted by atomic mass is 9.93. The highest BCUT2D eigenvalue weighted by Crippen LogP contribution is 2.27. The van der Waals surface area contributed by atoms with Crippen LogP contribution in [0.4, 0.5) is 4.39 Å². The van der Waals surface area contributed by atoms with E-state index in [1.54, 1.807) is 6.08 Å². The third-order valence-electron chi connectivity index (χ3n) is 5.14. The van der Waals surface area contributed by atoms with Gasteiger partial charge in [0.2, 0.25) is 15.9 Å². The summed E-state index contributed by atoms with van der Waals surface area (Å²) >= 11 is 0. The molecule has 146 valence electrons. The normalized spacial score (nSPS) is 19.4. The second-order valence-corrected chi connectivity index (χ2v) is 8.85. The zero-order valence-corrected chi connectivity index (χ0v) is 15.8. The number of hydrogen-bond donors (Lipinski definition) is 0. The number of amides is 2. The van der Waals surface area contributed by atoms with Crippen molar-refractivity contribution in [2.45, 2.75) is 37.0 Å². The van der Waals surface area contributed by atoms with Crippen LogP contribution in [-0.2, 0) is 19.6 Å². The monoisotopic (exact) mass is 394 g/mol. The van der Waals surface area contributed by atoms with Crippen LogP contribution in [0.3, 0.4) is 0 Å². The van der Waals surface area contributed by atoms with Gasteiger partial charge in [0, 0.05) is 26.1 Å². The van der Waals surface area contributed by atoms with Gasteiger partial charge in [-0.25, -0.2) is 12.8 Å². The summed E-state index contributed by atoms with van der Waals surface area (Å²) in [6, 6.07) is 4.84. The molecule has 2 heterocycles. The Bertz CT molecular complexity index is 828. The molecule has 0 aromatic heterocycles. The minimum absolute atomic E-state index is 0.0918. The topological polar surface area (TPSA) is 74.8 Å². The van der Waals surface area contributed by atoms with E-state index in [9.17, 15) is 22.4 Å². The molecule has 0 bridgehead atoms. The molecule has 1 fully saturated rings. The fraction of sp³-hybridized carbons (Fsp3) is 0.474. The van der Waals surface area contributed by atoms with Crippen molar-refractivity contribution in [3.05, 3.63) is 42.2 Å². The molecule has 0 N–H and O–H groups in total. The summed E-state index contributed by atoms with van der Waals surface area (Å²) in [5.74, 6) is -0.638. The van der Waals surface area contributed by atoms with Crippen LogP contribution in [0.1, 0.15) is 32.1 Å². The maximum absolute atomic E-state index is 13.0. The first-order valence-corrected chi connectivity index (χ1v) is 10.6. The molecular weight excluding hydrogens is 371 g/mol. The lowest BCUT2D eigenvalue weighted by Crippen LogP contribution is -2.40. The number of carbonyl (C=O) groups excluding carboxylic acids is 2. The van der Waals surface area contributed by atoms with Crippen LogP contribution in [0.15, 0.2) is 41.3 Å². The Hall–Kier alpha value is -2.06. The van der Waals surface area contributed by atoms with Gasteiger partial charge in [-0.2, -0.15) is 4.31 Å². The zero-order chi connectivity index (χ0) is 19.4. The van der Waals surface area contributed by atoms with Gasteiger partial charge in [-0.05, 0) is 61.9 Å². The maximum Gasteiger partial charge on any atom is 0.252 e. The van der Waals surface area contributed by atoms with Gasteiger partial charge < -0.3 is 0 Å². The molecule has 0 unspecified atom stereocenters. The first-order chi connectivity index (χ1) is 12.9. The molecule has 1 aromatic carbocycles. The van der Waals surface area contributed by atoms with E-state index in [2.05, 4.69) is 0 Å². The molecule has 0 saturated carbocycles. The molecular formula is C19H23FN2O4S. The van der Waals surface area contributed by atoms with Gasteiger partial charge in [0.05, 0.1) is 4.90 Å². The number of rotatable bonds is 5. The summed E-state index contributed by atoms with van der Waals surface area (Å²) in [5.41, 5.74) is 0. The number of piperidine rings is 1. The predicted molar refractivity (Wildman–Crippen MR) is 97.6 cm³/mol. The summed E-state index contributed by atoms with van der Waals surface area (Å²) < 4.78 is 39.7. The van der Waals surface area contributed by atoms with Crippen molar-refractivity contribution in [3.8, 4) is 0 Å². The van der Waals surface area contributed by atoms with Gasteiger partial charge in [-0.3, -0.25) is 14.5 Å². The van der Waals surface area contributed by atoms with E-state index in [0.717, 1.165) is 12.1 Å². The van der Waals surface area contributed by atoms with Crippen molar-refractivity contribution in [2.75, 3.05) is 19.6 Å². The Morgan fingerprint density at radius 2 is 1.78 bits per heavy atom. The van der Waals surface area contributed by atoms with E-state index >= 15 is 0 Å². The Kier molecular flexibility index (Phi) is 6.06. The average Bonchev–Trinajstić information content (AvgIpc) is 2.67. The molecule has 1 aromatic rings. The quantitative estimate of drug-likeness (QED) is 0.768. The van der Waals surface area contributed by atoms with Crippen LogP contribution in [0.5, 0.6) is 0 Å². The molecule has 0 radical (unpaired) electrons. The molecule has 2 aliphatic heterocycles. The van der Waals surface area contributed by atoms with Crippen molar-refractivity contribution in [3.63, 3.8) is 0 Å². The SMILES string of the molecule is O=C1C=CCCN1C(=O)CCC1CCN(S(=O)(=O)c2ccc(F)cc2)CC1. The Labute approximate surface area is 158 Å². The number of nitrogens with zero attached hydrogens (tertiary/aromatic N) is 2. The number of halogens is 1. The lowest BCUT2D eigenvalue weighted by Gasteiger charge is -2.31. The van der Waals surface area contributed by atoms with Gasteiger partial charge in [0.15, 0.2) is 0 Å². The van der Waals surface area contributed by atoms with Crippen molar-refractivity contribution >= 4 is 21.8 Å². The minimum atomic E-state index is -3.62. The maximum atomic E-state index is 13.0. The average molecular weight is 394 g/mol. The first kappa shape index (κ1) is 19.7. The number of imide groups is 1. The van der Waals surface area contributed by atoms with Crippen LogP contribution in [-0.4, -0.2) is 49.1 Å². The van der Waals surface area contributed by atoms with Gasteiger partial charge >= 0.3 is 0 Å². The Morgan fingerprint density at radius 1 is 1.11 bits per heavy atom. The van der Waals surface area contributed by atoms with E-state index in [-0.39, 0.29) is 22.6 Å². The zero-order valence-electron chi connectivity index (χ0n) is 15.0. The summed E-state index contributed by atoms with van der Waals surface area (Å²) in [6.07, 6.45) is 6.18. The van der Waals surface area contributed by atoms with Crippen LogP contribution in [0.2, 0.25) is 0 Å². The fourth-order valence-electron chi connectivity index (χ4n) is 3.49. The van der Waals surface area contributed by atoms with Crippen LogP contribution < -0.4 is 0 Å². The largest absolute Gasteiger partial charge is 0.279 e. The van der Waals surface area contributed by atoms with Gasteiger partial charge in [0.25, 0.3) is 5.91 Å². The summed E-state index contributed by atoms with van der Waals surface area (Å²) in [4.78, 5) is 25.3. The molecule has 0 atom stereocenters. The third kappa shape index (κ3) is 4.62. The smallest absolute Gasteiger partial charge is 0.252 e. The minimum Gasteiger partial charge on any atom is -0.279 e. The molecule has 2 aliphatic rings. The van der Waals surface area contributed by atoms with E-state index in [1.807, 2.05) is 0 Å². The molecule has 0 aliphatic carbocycles. The van der Waals surface area contributed by atoms with Crippen molar-refractivity contribution < 1.29 is 22.4 Å². The standard InChI is InChI=1S/C19H23FN2O4S/c20-16-5-7-17(8-6-16)27(25,26)21-13-10-15(11-14-21)4-9-19(24)22-12-2-1-3-18(22)23/h1,3,5-8,15H,2,4,9-14H2. The van der Waals surface area contributed by atoms with Crippen molar-refractivity contribution in [1.82, 2.24) is 9.21 Å². The molecule has 0 spiro atoms. The summed E-state index contributed by atoms with van der Waals surface area (Å²) in [6.45, 7) is 1.19. The van der Waals surface area contributed by atoms with E-state index in [1.165, 1.54) is 27.4 Å². The van der Waals surface area contributed by atoms with E-state index in [4.69, 9.17) is 0 Å². The number of carbonyl (C=O) groups is 2. The van der Waals surface area contributed by atoms with Gasteiger partial charge in [0.1, 0.15) is 5.82 Å². The molecule has 27 heavy (non-hydrogen) atoms. The van der Waals surface area contributed by atoms with Crippen LogP contribution in [0.25, 0.3) is 0 Å². The second kappa shape index (κ2) is 8.31. The molecule has 3 rings (SSSR count). The van der Waals surface area contributed by atoms with E-state index in [0.29, 0.717) is 51.7 Å².